The van der Waals surface area contributed by atoms with Gasteiger partial charge in [0.15, 0.2) is 0 Å². The van der Waals surface area contributed by atoms with Crippen molar-refractivity contribution in [1.29, 1.82) is 0 Å². The summed E-state index contributed by atoms with van der Waals surface area (Å²) in [4.78, 5) is 0. The van der Waals surface area contributed by atoms with Crippen LogP contribution in [0.1, 0.15) is 87.5 Å². The second-order valence-corrected chi connectivity index (χ2v) is 7.23. The van der Waals surface area contributed by atoms with Crippen LogP contribution in [0.15, 0.2) is 0 Å². The second-order valence-electron chi connectivity index (χ2n) is 7.23. The Morgan fingerprint density at radius 3 is 1.58 bits per heavy atom. The van der Waals surface area contributed by atoms with E-state index in [1.807, 2.05) is 0 Å². The minimum Gasteiger partial charge on any atom is -0.0654 e. The molecule has 0 bridgehead atoms. The first kappa shape index (κ1) is 19.0. The fourth-order valence-corrected chi connectivity index (χ4v) is 4.03. The van der Waals surface area contributed by atoms with E-state index in [1.165, 1.54) is 32.1 Å². The predicted octanol–water partition coefficient (Wildman–Crippen LogP) is 6.79. The first-order valence-electron chi connectivity index (χ1n) is 8.90. The molecule has 5 atom stereocenters. The highest BCUT2D eigenvalue weighted by Gasteiger charge is 2.31. The standard InChI is InChI=1S/C19H40/c1-9-12-13-15(6)16(7)17(8)19(11-3)18(10-2)14(4)5/h14-19H,9-13H2,1-8H3. The summed E-state index contributed by atoms with van der Waals surface area (Å²) in [6, 6.07) is 0. The van der Waals surface area contributed by atoms with E-state index in [0.717, 1.165) is 35.5 Å². The minimum atomic E-state index is 0.829. The van der Waals surface area contributed by atoms with Gasteiger partial charge in [-0.05, 0) is 35.5 Å². The van der Waals surface area contributed by atoms with Crippen molar-refractivity contribution in [2.45, 2.75) is 87.5 Å². The van der Waals surface area contributed by atoms with Gasteiger partial charge in [-0.15, -0.1) is 0 Å². The maximum Gasteiger partial charge on any atom is -0.0358 e. The van der Waals surface area contributed by atoms with Gasteiger partial charge >= 0.3 is 0 Å². The van der Waals surface area contributed by atoms with Crippen molar-refractivity contribution in [3.05, 3.63) is 0 Å². The summed E-state index contributed by atoms with van der Waals surface area (Å²) < 4.78 is 0. The summed E-state index contributed by atoms with van der Waals surface area (Å²) in [6.07, 6.45) is 6.85. The van der Waals surface area contributed by atoms with Crippen molar-refractivity contribution in [1.82, 2.24) is 0 Å². The van der Waals surface area contributed by atoms with Crippen molar-refractivity contribution in [2.75, 3.05) is 0 Å². The Kier molecular flexibility index (Phi) is 9.83. The zero-order chi connectivity index (χ0) is 15.0. The fraction of sp³-hybridized carbons (Fsp3) is 1.00. The van der Waals surface area contributed by atoms with E-state index in [2.05, 4.69) is 55.4 Å². The number of hydrogen-bond acceptors (Lipinski definition) is 0. The fourth-order valence-electron chi connectivity index (χ4n) is 4.03. The molecule has 0 aliphatic heterocycles. The van der Waals surface area contributed by atoms with Crippen LogP contribution in [0.25, 0.3) is 0 Å². The topological polar surface area (TPSA) is 0 Å². The van der Waals surface area contributed by atoms with E-state index in [9.17, 15) is 0 Å². The van der Waals surface area contributed by atoms with Gasteiger partial charge in [-0.1, -0.05) is 87.5 Å². The van der Waals surface area contributed by atoms with Crippen LogP contribution in [0.3, 0.4) is 0 Å². The largest absolute Gasteiger partial charge is 0.0654 e. The summed E-state index contributed by atoms with van der Waals surface area (Å²) in [5.74, 6) is 5.25. The lowest BCUT2D eigenvalue weighted by atomic mass is 9.67. The predicted molar refractivity (Wildman–Crippen MR) is 89.4 cm³/mol. The normalized spacial score (nSPS) is 20.1. The summed E-state index contributed by atoms with van der Waals surface area (Å²) in [5, 5.41) is 0. The van der Waals surface area contributed by atoms with Crippen LogP contribution in [-0.4, -0.2) is 0 Å². The average molecular weight is 269 g/mol. The van der Waals surface area contributed by atoms with E-state index < -0.39 is 0 Å². The average Bonchev–Trinajstić information content (AvgIpc) is 2.39. The van der Waals surface area contributed by atoms with Crippen LogP contribution in [-0.2, 0) is 0 Å². The lowest BCUT2D eigenvalue weighted by Crippen LogP contribution is -2.31. The molecule has 0 aliphatic rings. The number of unbranched alkanes of at least 4 members (excludes halogenated alkanes) is 1. The van der Waals surface area contributed by atoms with Gasteiger partial charge in [0.1, 0.15) is 0 Å². The molecule has 116 valence electrons. The smallest absolute Gasteiger partial charge is 0.0358 e. The molecule has 0 saturated carbocycles. The lowest BCUT2D eigenvalue weighted by Gasteiger charge is -2.38. The maximum atomic E-state index is 2.52. The Balaban J connectivity index is 4.67. The Morgan fingerprint density at radius 1 is 0.684 bits per heavy atom. The Morgan fingerprint density at radius 2 is 1.21 bits per heavy atom. The molecule has 0 spiro atoms. The molecule has 5 unspecified atom stereocenters. The van der Waals surface area contributed by atoms with E-state index in [0.29, 0.717) is 0 Å². The highest BCUT2D eigenvalue weighted by atomic mass is 14.4. The van der Waals surface area contributed by atoms with E-state index in [-0.39, 0.29) is 0 Å². The van der Waals surface area contributed by atoms with E-state index >= 15 is 0 Å². The summed E-state index contributed by atoms with van der Waals surface area (Å²) in [6.45, 7) is 19.4. The SMILES string of the molecule is CCCCC(C)C(C)C(C)C(CC)C(CC)C(C)C. The summed E-state index contributed by atoms with van der Waals surface area (Å²) >= 11 is 0. The Bertz CT molecular complexity index is 206. The first-order chi connectivity index (χ1) is 8.90. The molecular formula is C19H40. The van der Waals surface area contributed by atoms with E-state index in [1.54, 1.807) is 0 Å². The quantitative estimate of drug-likeness (QED) is 0.409. The van der Waals surface area contributed by atoms with Gasteiger partial charge in [0.25, 0.3) is 0 Å². The zero-order valence-electron chi connectivity index (χ0n) is 15.0. The second kappa shape index (κ2) is 9.83. The lowest BCUT2D eigenvalue weighted by molar-refractivity contribution is 0.110. The van der Waals surface area contributed by atoms with Gasteiger partial charge < -0.3 is 0 Å². The zero-order valence-corrected chi connectivity index (χ0v) is 15.0. The van der Waals surface area contributed by atoms with Gasteiger partial charge in [0.05, 0.1) is 0 Å². The molecule has 0 N–H and O–H groups in total. The maximum absolute atomic E-state index is 2.52. The molecule has 0 saturated heterocycles. The Labute approximate surface area is 123 Å². The molecule has 0 aromatic rings. The van der Waals surface area contributed by atoms with Crippen molar-refractivity contribution >= 4 is 0 Å². The highest BCUT2D eigenvalue weighted by Crippen LogP contribution is 2.39. The van der Waals surface area contributed by atoms with E-state index in [4.69, 9.17) is 0 Å². The van der Waals surface area contributed by atoms with Gasteiger partial charge in [-0.3, -0.25) is 0 Å². The van der Waals surface area contributed by atoms with Crippen LogP contribution in [0.4, 0.5) is 0 Å². The van der Waals surface area contributed by atoms with Crippen LogP contribution in [0, 0.1) is 35.5 Å². The number of rotatable bonds is 10. The molecule has 0 radical (unpaired) electrons. The molecule has 0 heteroatoms. The molecule has 0 aromatic carbocycles. The van der Waals surface area contributed by atoms with Crippen molar-refractivity contribution in [3.8, 4) is 0 Å². The summed E-state index contributed by atoms with van der Waals surface area (Å²) in [7, 11) is 0. The molecule has 0 amide bonds. The molecule has 0 aliphatic carbocycles. The number of hydrogen-bond donors (Lipinski definition) is 0. The summed E-state index contributed by atoms with van der Waals surface area (Å²) in [5.41, 5.74) is 0. The van der Waals surface area contributed by atoms with Crippen molar-refractivity contribution < 1.29 is 0 Å². The third-order valence-corrected chi connectivity index (χ3v) is 5.76. The Hall–Kier alpha value is 0. The van der Waals surface area contributed by atoms with Crippen LogP contribution in [0.2, 0.25) is 0 Å². The van der Waals surface area contributed by atoms with Crippen LogP contribution in [0.5, 0.6) is 0 Å². The minimum absolute atomic E-state index is 0.829. The van der Waals surface area contributed by atoms with Gasteiger partial charge in [-0.2, -0.15) is 0 Å². The molecular weight excluding hydrogens is 228 g/mol. The molecule has 0 heterocycles. The van der Waals surface area contributed by atoms with Gasteiger partial charge in [-0.25, -0.2) is 0 Å². The third-order valence-electron chi connectivity index (χ3n) is 5.76. The molecule has 19 heavy (non-hydrogen) atoms. The highest BCUT2D eigenvalue weighted by molar-refractivity contribution is 4.80. The van der Waals surface area contributed by atoms with Gasteiger partial charge in [0, 0.05) is 0 Å². The van der Waals surface area contributed by atoms with Crippen molar-refractivity contribution in [3.63, 3.8) is 0 Å². The van der Waals surface area contributed by atoms with Crippen molar-refractivity contribution in [2.24, 2.45) is 35.5 Å². The molecule has 0 fully saturated rings. The third kappa shape index (κ3) is 5.88. The monoisotopic (exact) mass is 268 g/mol. The molecule has 0 rings (SSSR count). The van der Waals surface area contributed by atoms with Crippen LogP contribution >= 0.6 is 0 Å². The molecule has 0 aromatic heterocycles. The van der Waals surface area contributed by atoms with Gasteiger partial charge in [0.2, 0.25) is 0 Å². The first-order valence-corrected chi connectivity index (χ1v) is 8.90. The van der Waals surface area contributed by atoms with Crippen LogP contribution < -0.4 is 0 Å². The molecule has 0 nitrogen and oxygen atoms in total.